The van der Waals surface area contributed by atoms with Gasteiger partial charge in [-0.05, 0) is 31.6 Å². The van der Waals surface area contributed by atoms with E-state index in [0.717, 1.165) is 12.8 Å². The first kappa shape index (κ1) is 21.0. The molecule has 0 aromatic carbocycles. The largest absolute Gasteiger partial charge is 0.385 e. The maximum Gasteiger partial charge on any atom is 0.330 e. The molecule has 1 aromatic rings. The minimum atomic E-state index is -0.630. The molecular formula is C19H30N4O4. The lowest BCUT2D eigenvalue weighted by Gasteiger charge is -2.29. The van der Waals surface area contributed by atoms with Crippen LogP contribution in [-0.4, -0.2) is 35.7 Å². The molecule has 8 heteroatoms. The molecule has 2 rings (SSSR count). The van der Waals surface area contributed by atoms with Crippen LogP contribution in [0.4, 0.5) is 11.5 Å². The number of amides is 1. The number of carbonyl (C=O) groups excluding carboxylic acids is 1. The number of allylic oxidation sites excluding steroid dienone is 2. The van der Waals surface area contributed by atoms with Crippen LogP contribution in [0.2, 0.25) is 0 Å². The molecule has 0 bridgehead atoms. The third kappa shape index (κ3) is 5.09. The number of H-pyrrole nitrogens is 1. The van der Waals surface area contributed by atoms with Gasteiger partial charge in [0.05, 0.1) is 0 Å². The SMILES string of the molecule is COCCCN(C(=O)[C@H]1CC=CCC1)c1c(N)n(CC(C)C)c(=O)[nH]c1=O. The van der Waals surface area contributed by atoms with Crippen molar-refractivity contribution in [2.45, 2.75) is 46.1 Å². The molecule has 0 saturated carbocycles. The van der Waals surface area contributed by atoms with Gasteiger partial charge in [-0.2, -0.15) is 0 Å². The topological polar surface area (TPSA) is 110 Å². The molecule has 0 saturated heterocycles. The van der Waals surface area contributed by atoms with E-state index in [1.54, 1.807) is 7.11 Å². The highest BCUT2D eigenvalue weighted by Crippen LogP contribution is 2.25. The van der Waals surface area contributed by atoms with E-state index in [-0.39, 0.29) is 29.2 Å². The van der Waals surface area contributed by atoms with Crippen molar-refractivity contribution in [1.82, 2.24) is 9.55 Å². The molecule has 1 heterocycles. The Bertz CT molecular complexity index is 794. The van der Waals surface area contributed by atoms with Crippen molar-refractivity contribution < 1.29 is 9.53 Å². The van der Waals surface area contributed by atoms with Gasteiger partial charge in [-0.25, -0.2) is 4.79 Å². The lowest BCUT2D eigenvalue weighted by Crippen LogP contribution is -2.44. The number of anilines is 2. The van der Waals surface area contributed by atoms with Gasteiger partial charge in [0.25, 0.3) is 5.56 Å². The van der Waals surface area contributed by atoms with E-state index in [1.807, 2.05) is 19.9 Å². The second-order valence-corrected chi connectivity index (χ2v) is 7.32. The average Bonchev–Trinajstić information content (AvgIpc) is 2.64. The van der Waals surface area contributed by atoms with Crippen LogP contribution in [0.25, 0.3) is 0 Å². The molecule has 3 N–H and O–H groups in total. The summed E-state index contributed by atoms with van der Waals surface area (Å²) in [6, 6.07) is 0. The van der Waals surface area contributed by atoms with Crippen molar-refractivity contribution in [2.75, 3.05) is 30.9 Å². The van der Waals surface area contributed by atoms with E-state index in [1.165, 1.54) is 9.47 Å². The van der Waals surface area contributed by atoms with Crippen LogP contribution in [0.1, 0.15) is 39.5 Å². The fourth-order valence-corrected chi connectivity index (χ4v) is 3.32. The van der Waals surface area contributed by atoms with Gasteiger partial charge < -0.3 is 15.4 Å². The fourth-order valence-electron chi connectivity index (χ4n) is 3.32. The number of carbonyl (C=O) groups is 1. The quantitative estimate of drug-likeness (QED) is 0.526. The Balaban J connectivity index is 2.47. The van der Waals surface area contributed by atoms with Crippen molar-refractivity contribution in [2.24, 2.45) is 11.8 Å². The van der Waals surface area contributed by atoms with Gasteiger partial charge in [0.2, 0.25) is 5.91 Å². The third-order valence-electron chi connectivity index (χ3n) is 4.65. The number of hydrogen-bond acceptors (Lipinski definition) is 5. The third-order valence-corrected chi connectivity index (χ3v) is 4.65. The van der Waals surface area contributed by atoms with Crippen LogP contribution in [-0.2, 0) is 16.1 Å². The van der Waals surface area contributed by atoms with Crippen LogP contribution >= 0.6 is 0 Å². The highest BCUT2D eigenvalue weighted by molar-refractivity contribution is 5.97. The van der Waals surface area contributed by atoms with Crippen LogP contribution in [0.5, 0.6) is 0 Å². The fraction of sp³-hybridized carbons (Fsp3) is 0.632. The maximum absolute atomic E-state index is 13.2. The molecule has 1 atom stereocenters. The van der Waals surface area contributed by atoms with Gasteiger partial charge in [-0.15, -0.1) is 0 Å². The molecule has 8 nitrogen and oxygen atoms in total. The summed E-state index contributed by atoms with van der Waals surface area (Å²) in [6.45, 7) is 5.03. The standard InChI is InChI=1S/C19H30N4O4/c1-13(2)12-23-16(20)15(17(24)21-19(23)26)22(10-7-11-27-3)18(25)14-8-5-4-6-9-14/h4-5,13-14H,6-12,20H2,1-3H3,(H,21,24,26)/t14-/m0/s1. The second-order valence-electron chi connectivity index (χ2n) is 7.32. The summed E-state index contributed by atoms with van der Waals surface area (Å²) in [7, 11) is 1.59. The first-order valence-electron chi connectivity index (χ1n) is 9.44. The molecule has 27 heavy (non-hydrogen) atoms. The van der Waals surface area contributed by atoms with Gasteiger partial charge in [0.15, 0.2) is 5.69 Å². The zero-order valence-electron chi connectivity index (χ0n) is 16.4. The summed E-state index contributed by atoms with van der Waals surface area (Å²) in [5, 5.41) is 0. The van der Waals surface area contributed by atoms with E-state index >= 15 is 0 Å². The van der Waals surface area contributed by atoms with Crippen molar-refractivity contribution >= 4 is 17.4 Å². The van der Waals surface area contributed by atoms with Gasteiger partial charge >= 0.3 is 5.69 Å². The molecule has 0 radical (unpaired) electrons. The molecule has 0 spiro atoms. The van der Waals surface area contributed by atoms with Gasteiger partial charge in [0.1, 0.15) is 5.82 Å². The number of nitrogens with two attached hydrogens (primary N) is 1. The Morgan fingerprint density at radius 2 is 2.15 bits per heavy atom. The molecule has 1 aliphatic rings. The average molecular weight is 378 g/mol. The molecule has 0 aliphatic heterocycles. The summed E-state index contributed by atoms with van der Waals surface area (Å²) in [4.78, 5) is 41.7. The number of aromatic nitrogens is 2. The normalized spacial score (nSPS) is 16.7. The van der Waals surface area contributed by atoms with Gasteiger partial charge in [-0.1, -0.05) is 26.0 Å². The molecular weight excluding hydrogens is 348 g/mol. The summed E-state index contributed by atoms with van der Waals surface area (Å²) >= 11 is 0. The Morgan fingerprint density at radius 1 is 1.41 bits per heavy atom. The lowest BCUT2D eigenvalue weighted by atomic mass is 9.93. The number of rotatable bonds is 8. The molecule has 1 amide bonds. The molecule has 1 aromatic heterocycles. The minimum absolute atomic E-state index is 0.0366. The molecule has 150 valence electrons. The summed E-state index contributed by atoms with van der Waals surface area (Å²) in [6.07, 6.45) is 6.83. The van der Waals surface area contributed by atoms with Crippen molar-refractivity contribution in [1.29, 1.82) is 0 Å². The van der Waals surface area contributed by atoms with Crippen LogP contribution in [0.15, 0.2) is 21.7 Å². The van der Waals surface area contributed by atoms with Crippen LogP contribution < -0.4 is 21.9 Å². The molecule has 1 aliphatic carbocycles. The van der Waals surface area contributed by atoms with Crippen molar-refractivity contribution in [3.05, 3.63) is 33.0 Å². The van der Waals surface area contributed by atoms with Gasteiger partial charge in [0, 0.05) is 32.7 Å². The number of hydrogen-bond donors (Lipinski definition) is 2. The number of nitrogens with one attached hydrogen (secondary N) is 1. The Kier molecular flexibility index (Phi) is 7.41. The Hall–Kier alpha value is -2.35. The predicted molar refractivity (Wildman–Crippen MR) is 106 cm³/mol. The van der Waals surface area contributed by atoms with E-state index in [2.05, 4.69) is 11.1 Å². The zero-order valence-corrected chi connectivity index (χ0v) is 16.4. The van der Waals surface area contributed by atoms with Crippen LogP contribution in [0.3, 0.4) is 0 Å². The van der Waals surface area contributed by atoms with Crippen molar-refractivity contribution in [3.8, 4) is 0 Å². The first-order valence-corrected chi connectivity index (χ1v) is 9.44. The second kappa shape index (κ2) is 9.55. The summed E-state index contributed by atoms with van der Waals surface area (Å²) in [5.74, 6) is -0.135. The number of methoxy groups -OCH3 is 1. The van der Waals surface area contributed by atoms with Crippen molar-refractivity contribution in [3.63, 3.8) is 0 Å². The smallest absolute Gasteiger partial charge is 0.330 e. The molecule has 0 unspecified atom stereocenters. The highest BCUT2D eigenvalue weighted by Gasteiger charge is 2.29. The monoisotopic (exact) mass is 378 g/mol. The van der Waals surface area contributed by atoms with E-state index < -0.39 is 11.2 Å². The number of ether oxygens (including phenoxy) is 1. The van der Waals surface area contributed by atoms with Gasteiger partial charge in [-0.3, -0.25) is 19.1 Å². The highest BCUT2D eigenvalue weighted by atomic mass is 16.5. The summed E-state index contributed by atoms with van der Waals surface area (Å²) in [5.41, 5.74) is 5.08. The number of nitrogens with zero attached hydrogens (tertiary/aromatic N) is 2. The maximum atomic E-state index is 13.2. The number of aromatic amines is 1. The predicted octanol–water partition coefficient (Wildman–Crippen LogP) is 1.50. The Morgan fingerprint density at radius 3 is 2.74 bits per heavy atom. The summed E-state index contributed by atoms with van der Waals surface area (Å²) < 4.78 is 6.42. The van der Waals surface area contributed by atoms with E-state index in [0.29, 0.717) is 32.5 Å². The number of nitrogen functional groups attached to an aromatic ring is 1. The Labute approximate surface area is 159 Å². The van der Waals surface area contributed by atoms with Crippen LogP contribution in [0, 0.1) is 11.8 Å². The van der Waals surface area contributed by atoms with E-state index in [4.69, 9.17) is 10.5 Å². The lowest BCUT2D eigenvalue weighted by molar-refractivity contribution is -0.122. The molecule has 0 fully saturated rings. The first-order chi connectivity index (χ1) is 12.9. The zero-order chi connectivity index (χ0) is 20.0. The van der Waals surface area contributed by atoms with E-state index in [9.17, 15) is 14.4 Å². The minimum Gasteiger partial charge on any atom is -0.385 e.